The fraction of sp³-hybridized carbons (Fsp3) is 0.556. The second kappa shape index (κ2) is 7.32. The van der Waals surface area contributed by atoms with Crippen LogP contribution in [0.1, 0.15) is 43.0 Å². The molecular formula is C18H24N2O4. The van der Waals surface area contributed by atoms with Gasteiger partial charge < -0.3 is 15.2 Å². The van der Waals surface area contributed by atoms with Gasteiger partial charge >= 0.3 is 5.97 Å². The van der Waals surface area contributed by atoms with Gasteiger partial charge in [0.2, 0.25) is 5.91 Å². The molecule has 1 aromatic rings. The van der Waals surface area contributed by atoms with E-state index in [2.05, 4.69) is 10.2 Å². The molecule has 2 saturated heterocycles. The number of esters is 1. The molecule has 0 spiro atoms. The van der Waals surface area contributed by atoms with Crippen LogP contribution in [0.4, 0.5) is 5.69 Å². The largest absolute Gasteiger partial charge is 0.462 e. The highest BCUT2D eigenvalue weighted by Gasteiger charge is 2.40. The van der Waals surface area contributed by atoms with E-state index in [4.69, 9.17) is 4.74 Å². The van der Waals surface area contributed by atoms with Crippen LogP contribution < -0.4 is 5.32 Å². The number of piperidine rings is 1. The first-order chi connectivity index (χ1) is 11.6. The topological polar surface area (TPSA) is 78.9 Å². The molecule has 0 aliphatic carbocycles. The number of benzene rings is 1. The van der Waals surface area contributed by atoms with E-state index in [1.165, 1.54) is 0 Å². The minimum absolute atomic E-state index is 0.0628. The average Bonchev–Trinajstić information content (AvgIpc) is 2.79. The van der Waals surface area contributed by atoms with Crippen molar-refractivity contribution >= 4 is 17.6 Å². The Balaban J connectivity index is 1.55. The number of carbonyl (C=O) groups is 2. The third-order valence-electron chi connectivity index (χ3n) is 4.87. The summed E-state index contributed by atoms with van der Waals surface area (Å²) < 4.78 is 4.94. The molecule has 2 fully saturated rings. The van der Waals surface area contributed by atoms with Gasteiger partial charge in [0.25, 0.3) is 0 Å². The molecule has 2 bridgehead atoms. The van der Waals surface area contributed by atoms with Crippen molar-refractivity contribution in [2.45, 2.75) is 50.8 Å². The van der Waals surface area contributed by atoms with E-state index in [0.717, 1.165) is 25.7 Å². The first-order valence-electron chi connectivity index (χ1n) is 8.57. The maximum absolute atomic E-state index is 12.3. The van der Waals surface area contributed by atoms with Crippen molar-refractivity contribution in [2.75, 3.05) is 18.5 Å². The second-order valence-corrected chi connectivity index (χ2v) is 6.53. The number of aliphatic hydroxyl groups is 1. The number of rotatable bonds is 5. The molecular weight excluding hydrogens is 308 g/mol. The highest BCUT2D eigenvalue weighted by atomic mass is 16.5. The van der Waals surface area contributed by atoms with Crippen LogP contribution in [-0.2, 0) is 9.53 Å². The summed E-state index contributed by atoms with van der Waals surface area (Å²) in [7, 11) is 0. The minimum Gasteiger partial charge on any atom is -0.462 e. The molecule has 6 nitrogen and oxygen atoms in total. The predicted molar refractivity (Wildman–Crippen MR) is 89.8 cm³/mol. The molecule has 2 unspecified atom stereocenters. The van der Waals surface area contributed by atoms with Crippen LogP contribution in [0.2, 0.25) is 0 Å². The summed E-state index contributed by atoms with van der Waals surface area (Å²) in [6, 6.07) is 7.34. The molecule has 2 aliphatic rings. The summed E-state index contributed by atoms with van der Waals surface area (Å²) in [4.78, 5) is 26.1. The number of amides is 1. The van der Waals surface area contributed by atoms with Crippen molar-refractivity contribution in [1.82, 2.24) is 4.90 Å². The van der Waals surface area contributed by atoms with Crippen molar-refractivity contribution in [3.63, 3.8) is 0 Å². The van der Waals surface area contributed by atoms with E-state index in [1.54, 1.807) is 31.2 Å². The first-order valence-corrected chi connectivity index (χ1v) is 8.57. The molecule has 24 heavy (non-hydrogen) atoms. The lowest BCUT2D eigenvalue weighted by Crippen LogP contribution is -2.47. The Bertz CT molecular complexity index is 588. The van der Waals surface area contributed by atoms with E-state index in [9.17, 15) is 14.7 Å². The fourth-order valence-corrected chi connectivity index (χ4v) is 3.77. The Morgan fingerprint density at radius 3 is 2.42 bits per heavy atom. The molecule has 0 radical (unpaired) electrons. The molecule has 0 saturated carbocycles. The number of anilines is 1. The van der Waals surface area contributed by atoms with Gasteiger partial charge in [0, 0.05) is 17.8 Å². The number of aliphatic hydroxyl groups excluding tert-OH is 1. The number of nitrogens with zero attached hydrogens (tertiary/aromatic N) is 1. The van der Waals surface area contributed by atoms with E-state index < -0.39 is 0 Å². The van der Waals surface area contributed by atoms with Crippen LogP contribution in [-0.4, -0.2) is 53.2 Å². The van der Waals surface area contributed by atoms with Crippen molar-refractivity contribution in [3.05, 3.63) is 29.8 Å². The Labute approximate surface area is 141 Å². The monoisotopic (exact) mass is 332 g/mol. The lowest BCUT2D eigenvalue weighted by molar-refractivity contribution is -0.119. The number of hydrogen-bond donors (Lipinski definition) is 2. The number of carbonyl (C=O) groups excluding carboxylic acids is 2. The van der Waals surface area contributed by atoms with Gasteiger partial charge in [0.05, 0.1) is 24.8 Å². The summed E-state index contributed by atoms with van der Waals surface area (Å²) in [5.41, 5.74) is 1.13. The lowest BCUT2D eigenvalue weighted by atomic mass is 10.00. The zero-order valence-corrected chi connectivity index (χ0v) is 13.9. The van der Waals surface area contributed by atoms with Gasteiger partial charge in [-0.05, 0) is 56.9 Å². The van der Waals surface area contributed by atoms with Crippen molar-refractivity contribution in [2.24, 2.45) is 0 Å². The SMILES string of the molecule is CCOC(=O)c1ccc(NC(=O)CN2C3CCC2CC(O)C3)cc1. The van der Waals surface area contributed by atoms with Crippen molar-refractivity contribution in [1.29, 1.82) is 0 Å². The van der Waals surface area contributed by atoms with Gasteiger partial charge in [-0.3, -0.25) is 9.69 Å². The van der Waals surface area contributed by atoms with E-state index >= 15 is 0 Å². The van der Waals surface area contributed by atoms with Gasteiger partial charge in [-0.15, -0.1) is 0 Å². The van der Waals surface area contributed by atoms with Crippen LogP contribution in [0.5, 0.6) is 0 Å². The van der Waals surface area contributed by atoms with E-state index in [0.29, 0.717) is 36.5 Å². The molecule has 1 aromatic carbocycles. The molecule has 6 heteroatoms. The maximum atomic E-state index is 12.3. The third-order valence-corrected chi connectivity index (χ3v) is 4.87. The quantitative estimate of drug-likeness (QED) is 0.804. The highest BCUT2D eigenvalue weighted by molar-refractivity contribution is 5.94. The molecule has 1 amide bonds. The normalized spacial score (nSPS) is 26.2. The van der Waals surface area contributed by atoms with Gasteiger partial charge in [0.1, 0.15) is 0 Å². The van der Waals surface area contributed by atoms with E-state index in [1.807, 2.05) is 0 Å². The zero-order chi connectivity index (χ0) is 17.1. The van der Waals surface area contributed by atoms with Gasteiger partial charge in [0.15, 0.2) is 0 Å². The Hall–Kier alpha value is -1.92. The second-order valence-electron chi connectivity index (χ2n) is 6.53. The Morgan fingerprint density at radius 1 is 1.21 bits per heavy atom. The lowest BCUT2D eigenvalue weighted by Gasteiger charge is -2.36. The average molecular weight is 332 g/mol. The number of nitrogens with one attached hydrogen (secondary N) is 1. The predicted octanol–water partition coefficient (Wildman–Crippen LogP) is 1.79. The van der Waals surface area contributed by atoms with Gasteiger partial charge in [-0.25, -0.2) is 4.79 Å². The Kier molecular flexibility index (Phi) is 5.16. The maximum Gasteiger partial charge on any atom is 0.338 e. The van der Waals surface area contributed by atoms with Crippen molar-refractivity contribution in [3.8, 4) is 0 Å². The van der Waals surface area contributed by atoms with Crippen LogP contribution in [0.25, 0.3) is 0 Å². The highest BCUT2D eigenvalue weighted by Crippen LogP contribution is 2.35. The standard InChI is InChI=1S/C18H24N2O4/c1-2-24-18(23)12-3-5-13(6-4-12)19-17(22)11-20-14-7-8-15(20)10-16(21)9-14/h3-6,14-16,21H,2,7-11H2,1H3,(H,19,22). The molecule has 2 atom stereocenters. The van der Waals surface area contributed by atoms with Crippen LogP contribution in [0.15, 0.2) is 24.3 Å². The van der Waals surface area contributed by atoms with Crippen LogP contribution >= 0.6 is 0 Å². The van der Waals surface area contributed by atoms with Crippen LogP contribution in [0.3, 0.4) is 0 Å². The van der Waals surface area contributed by atoms with Gasteiger partial charge in [-0.1, -0.05) is 0 Å². The number of fused-ring (bicyclic) bond motifs is 2. The molecule has 2 N–H and O–H groups in total. The minimum atomic E-state index is -0.362. The fourth-order valence-electron chi connectivity index (χ4n) is 3.77. The summed E-state index contributed by atoms with van der Waals surface area (Å²) in [6.07, 6.45) is 3.42. The number of hydrogen-bond acceptors (Lipinski definition) is 5. The summed E-state index contributed by atoms with van der Waals surface area (Å²) >= 11 is 0. The zero-order valence-electron chi connectivity index (χ0n) is 13.9. The van der Waals surface area contributed by atoms with E-state index in [-0.39, 0.29) is 18.0 Å². The summed E-state index contributed by atoms with van der Waals surface area (Å²) in [5, 5.41) is 12.7. The molecule has 0 aromatic heterocycles. The number of ether oxygens (including phenoxy) is 1. The van der Waals surface area contributed by atoms with Gasteiger partial charge in [-0.2, -0.15) is 0 Å². The Morgan fingerprint density at radius 2 is 1.83 bits per heavy atom. The third kappa shape index (κ3) is 3.76. The van der Waals surface area contributed by atoms with Crippen molar-refractivity contribution < 1.29 is 19.4 Å². The smallest absolute Gasteiger partial charge is 0.338 e. The molecule has 2 aliphatic heterocycles. The molecule has 3 rings (SSSR count). The summed E-state index contributed by atoms with van der Waals surface area (Å²) in [5.74, 6) is -0.425. The first kappa shape index (κ1) is 16.9. The summed E-state index contributed by atoms with van der Waals surface area (Å²) in [6.45, 7) is 2.45. The molecule has 130 valence electrons. The molecule has 2 heterocycles. The van der Waals surface area contributed by atoms with Crippen LogP contribution in [0, 0.1) is 0 Å².